The molecule has 1 N–H and O–H groups in total. The maximum atomic E-state index is 12.2. The largest absolute Gasteiger partial charge is 0.345 e. The maximum Gasteiger partial charge on any atom is 0.270 e. The van der Waals surface area contributed by atoms with E-state index in [2.05, 4.69) is 12.2 Å². The van der Waals surface area contributed by atoms with Crippen LogP contribution >= 0.6 is 11.6 Å². The molecule has 1 saturated heterocycles. The normalized spacial score (nSPS) is 21.2. The molecule has 2 heterocycles. The quantitative estimate of drug-likeness (QED) is 0.800. The van der Waals surface area contributed by atoms with Crippen LogP contribution in [0.1, 0.15) is 17.4 Å². The SMILES string of the molecule is CC1CN(C(=O)c2cc(Cl)cn2C)CCN1. The van der Waals surface area contributed by atoms with E-state index in [1.54, 1.807) is 16.8 Å². The molecule has 88 valence electrons. The van der Waals surface area contributed by atoms with Gasteiger partial charge in [-0.1, -0.05) is 11.6 Å². The number of hydrogen-bond acceptors (Lipinski definition) is 2. The summed E-state index contributed by atoms with van der Waals surface area (Å²) in [5.74, 6) is 0.0581. The van der Waals surface area contributed by atoms with Gasteiger partial charge in [-0.05, 0) is 13.0 Å². The molecule has 1 atom stereocenters. The van der Waals surface area contributed by atoms with Crippen molar-refractivity contribution in [2.45, 2.75) is 13.0 Å². The highest BCUT2D eigenvalue weighted by Crippen LogP contribution is 2.15. The Kier molecular flexibility index (Phi) is 3.21. The minimum absolute atomic E-state index is 0.0581. The fraction of sp³-hybridized carbons (Fsp3) is 0.545. The number of nitrogens with one attached hydrogen (secondary N) is 1. The Labute approximate surface area is 100 Å². The Balaban J connectivity index is 2.15. The molecule has 0 spiro atoms. The van der Waals surface area contributed by atoms with Crippen LogP contribution < -0.4 is 5.32 Å². The van der Waals surface area contributed by atoms with Crippen LogP contribution in [0.2, 0.25) is 5.02 Å². The van der Waals surface area contributed by atoms with Gasteiger partial charge in [-0.25, -0.2) is 0 Å². The van der Waals surface area contributed by atoms with Gasteiger partial charge >= 0.3 is 0 Å². The van der Waals surface area contributed by atoms with Gasteiger partial charge in [0.1, 0.15) is 5.69 Å². The van der Waals surface area contributed by atoms with Crippen molar-refractivity contribution in [2.24, 2.45) is 7.05 Å². The molecule has 1 amide bonds. The monoisotopic (exact) mass is 241 g/mol. The van der Waals surface area contributed by atoms with Crippen molar-refractivity contribution < 1.29 is 4.79 Å². The summed E-state index contributed by atoms with van der Waals surface area (Å²) < 4.78 is 1.78. The summed E-state index contributed by atoms with van der Waals surface area (Å²) in [4.78, 5) is 14.1. The highest BCUT2D eigenvalue weighted by Gasteiger charge is 2.23. The number of halogens is 1. The van der Waals surface area contributed by atoms with Gasteiger partial charge in [0.05, 0.1) is 5.02 Å². The molecule has 0 aliphatic carbocycles. The lowest BCUT2D eigenvalue weighted by Gasteiger charge is -2.31. The summed E-state index contributed by atoms with van der Waals surface area (Å²) in [6, 6.07) is 2.07. The maximum absolute atomic E-state index is 12.2. The molecule has 0 radical (unpaired) electrons. The Morgan fingerprint density at radius 2 is 2.38 bits per heavy atom. The van der Waals surface area contributed by atoms with Gasteiger partial charge in [-0.2, -0.15) is 0 Å². The standard InChI is InChI=1S/C11H16ClN3O/c1-8-6-15(4-3-13-8)11(16)10-5-9(12)7-14(10)2/h5,7-8,13H,3-4,6H2,1-2H3. The number of aromatic nitrogens is 1. The fourth-order valence-electron chi connectivity index (χ4n) is 2.02. The van der Waals surface area contributed by atoms with Gasteiger partial charge in [0.25, 0.3) is 5.91 Å². The second-order valence-corrected chi connectivity index (χ2v) is 4.70. The van der Waals surface area contributed by atoms with Crippen molar-refractivity contribution in [1.29, 1.82) is 0 Å². The summed E-state index contributed by atoms with van der Waals surface area (Å²) in [5.41, 5.74) is 0.652. The van der Waals surface area contributed by atoms with E-state index in [1.807, 2.05) is 11.9 Å². The molecule has 1 aromatic rings. The highest BCUT2D eigenvalue weighted by atomic mass is 35.5. The summed E-state index contributed by atoms with van der Waals surface area (Å²) in [6.45, 7) is 4.44. The van der Waals surface area contributed by atoms with E-state index in [0.717, 1.165) is 19.6 Å². The van der Waals surface area contributed by atoms with Crippen molar-refractivity contribution in [3.63, 3.8) is 0 Å². The first kappa shape index (κ1) is 11.5. The van der Waals surface area contributed by atoms with Gasteiger partial charge in [0.15, 0.2) is 0 Å². The van der Waals surface area contributed by atoms with Crippen LogP contribution in [0.3, 0.4) is 0 Å². The first-order valence-corrected chi connectivity index (χ1v) is 5.80. The number of rotatable bonds is 1. The molecule has 5 heteroatoms. The summed E-state index contributed by atoms with van der Waals surface area (Å²) in [7, 11) is 1.84. The van der Waals surface area contributed by atoms with Crippen LogP contribution in [-0.4, -0.2) is 41.1 Å². The highest BCUT2D eigenvalue weighted by molar-refractivity contribution is 6.31. The number of hydrogen-bond donors (Lipinski definition) is 1. The van der Waals surface area contributed by atoms with E-state index >= 15 is 0 Å². The Morgan fingerprint density at radius 1 is 1.62 bits per heavy atom. The van der Waals surface area contributed by atoms with E-state index in [9.17, 15) is 4.79 Å². The van der Waals surface area contributed by atoms with Crippen molar-refractivity contribution in [3.05, 3.63) is 23.0 Å². The third-order valence-corrected chi connectivity index (χ3v) is 3.05. The van der Waals surface area contributed by atoms with E-state index in [-0.39, 0.29) is 5.91 Å². The lowest BCUT2D eigenvalue weighted by Crippen LogP contribution is -2.51. The van der Waals surface area contributed by atoms with Crippen LogP contribution in [0.15, 0.2) is 12.3 Å². The number of piperazine rings is 1. The minimum Gasteiger partial charge on any atom is -0.345 e. The van der Waals surface area contributed by atoms with Gasteiger partial charge in [0.2, 0.25) is 0 Å². The second-order valence-electron chi connectivity index (χ2n) is 4.26. The minimum atomic E-state index is 0.0581. The number of carbonyl (C=O) groups is 1. The number of aryl methyl sites for hydroxylation is 1. The lowest BCUT2D eigenvalue weighted by atomic mass is 10.2. The molecule has 0 saturated carbocycles. The van der Waals surface area contributed by atoms with Crippen LogP contribution in [0, 0.1) is 0 Å². The van der Waals surface area contributed by atoms with Crippen LogP contribution in [-0.2, 0) is 7.05 Å². The Morgan fingerprint density at radius 3 is 2.94 bits per heavy atom. The van der Waals surface area contributed by atoms with Crippen molar-refractivity contribution in [2.75, 3.05) is 19.6 Å². The molecule has 1 fully saturated rings. The zero-order valence-corrected chi connectivity index (χ0v) is 10.3. The molecule has 1 aliphatic heterocycles. The van der Waals surface area contributed by atoms with Crippen molar-refractivity contribution in [1.82, 2.24) is 14.8 Å². The molecule has 1 aliphatic rings. The van der Waals surface area contributed by atoms with E-state index in [4.69, 9.17) is 11.6 Å². The number of amides is 1. The number of nitrogens with zero attached hydrogens (tertiary/aromatic N) is 2. The summed E-state index contributed by atoms with van der Waals surface area (Å²) >= 11 is 5.87. The third kappa shape index (κ3) is 2.23. The van der Waals surface area contributed by atoms with Crippen molar-refractivity contribution >= 4 is 17.5 Å². The van der Waals surface area contributed by atoms with Gasteiger partial charge in [0, 0.05) is 38.9 Å². The van der Waals surface area contributed by atoms with Crippen molar-refractivity contribution in [3.8, 4) is 0 Å². The average Bonchev–Trinajstić information content (AvgIpc) is 2.57. The first-order valence-electron chi connectivity index (χ1n) is 5.42. The summed E-state index contributed by atoms with van der Waals surface area (Å²) in [5, 5.41) is 3.92. The van der Waals surface area contributed by atoms with Crippen LogP contribution in [0.4, 0.5) is 0 Å². The predicted molar refractivity (Wildman–Crippen MR) is 63.8 cm³/mol. The van der Waals surface area contributed by atoms with Crippen LogP contribution in [0.5, 0.6) is 0 Å². The van der Waals surface area contributed by atoms with E-state index in [0.29, 0.717) is 16.8 Å². The second kappa shape index (κ2) is 4.47. The lowest BCUT2D eigenvalue weighted by molar-refractivity contribution is 0.0699. The molecule has 1 aromatic heterocycles. The summed E-state index contributed by atoms with van der Waals surface area (Å²) in [6.07, 6.45) is 1.75. The average molecular weight is 242 g/mol. The Bertz CT molecular complexity index is 402. The molecule has 0 aromatic carbocycles. The molecular formula is C11H16ClN3O. The topological polar surface area (TPSA) is 37.3 Å². The van der Waals surface area contributed by atoms with Gasteiger partial charge < -0.3 is 14.8 Å². The molecule has 4 nitrogen and oxygen atoms in total. The molecule has 1 unspecified atom stereocenters. The zero-order valence-electron chi connectivity index (χ0n) is 9.53. The van der Waals surface area contributed by atoms with Gasteiger partial charge in [-0.15, -0.1) is 0 Å². The van der Waals surface area contributed by atoms with E-state index < -0.39 is 0 Å². The van der Waals surface area contributed by atoms with Crippen LogP contribution in [0.25, 0.3) is 0 Å². The number of carbonyl (C=O) groups excluding carboxylic acids is 1. The zero-order chi connectivity index (χ0) is 11.7. The molecule has 2 rings (SSSR count). The third-order valence-electron chi connectivity index (χ3n) is 2.85. The molecule has 0 bridgehead atoms. The molecule has 16 heavy (non-hydrogen) atoms. The smallest absolute Gasteiger partial charge is 0.270 e. The first-order chi connectivity index (χ1) is 7.58. The molecular weight excluding hydrogens is 226 g/mol. The predicted octanol–water partition coefficient (Wildman–Crippen LogP) is 1.11. The fourth-order valence-corrected chi connectivity index (χ4v) is 2.27. The van der Waals surface area contributed by atoms with Gasteiger partial charge in [-0.3, -0.25) is 4.79 Å². The Hall–Kier alpha value is -1.00. The van der Waals surface area contributed by atoms with E-state index in [1.165, 1.54) is 0 Å².